The van der Waals surface area contributed by atoms with Crippen molar-refractivity contribution in [3.8, 4) is 0 Å². The fraction of sp³-hybridized carbons (Fsp3) is 0.600. The molecule has 1 heterocycles. The monoisotopic (exact) mass is 199 g/mol. The van der Waals surface area contributed by atoms with Gasteiger partial charge in [0.2, 0.25) is 0 Å². The van der Waals surface area contributed by atoms with E-state index in [1.165, 1.54) is 11.1 Å². The number of rotatable bonds is 2. The van der Waals surface area contributed by atoms with Gasteiger partial charge in [-0.15, -0.1) is 11.3 Å². The second-order valence-corrected chi connectivity index (χ2v) is 6.37. The first kappa shape index (κ1) is 10.1. The van der Waals surface area contributed by atoms with Crippen LogP contribution in [-0.2, 0) is 5.75 Å². The molecule has 0 saturated heterocycles. The van der Waals surface area contributed by atoms with E-state index in [9.17, 15) is 0 Å². The van der Waals surface area contributed by atoms with Crippen LogP contribution in [0.5, 0.6) is 0 Å². The molecular formula is C10H15S2. The average Bonchev–Trinajstić information content (AvgIpc) is 2.29. The second-order valence-electron chi connectivity index (χ2n) is 3.89. The molecule has 0 nitrogen and oxygen atoms in total. The Bertz CT molecular complexity index is 243. The molecule has 67 valence electrons. The van der Waals surface area contributed by atoms with Gasteiger partial charge in [0.15, 0.2) is 0 Å². The minimum Gasteiger partial charge on any atom is -0.151 e. The zero-order valence-corrected chi connectivity index (χ0v) is 9.73. The van der Waals surface area contributed by atoms with Crippen molar-refractivity contribution in [1.29, 1.82) is 0 Å². The van der Waals surface area contributed by atoms with Crippen LogP contribution < -0.4 is 0 Å². The van der Waals surface area contributed by atoms with Gasteiger partial charge in [-0.3, -0.25) is 0 Å². The molecule has 0 N–H and O–H groups in total. The van der Waals surface area contributed by atoms with Crippen molar-refractivity contribution in [3.63, 3.8) is 0 Å². The Morgan fingerprint density at radius 1 is 1.50 bits per heavy atom. The number of thioether (sulfide) groups is 1. The van der Waals surface area contributed by atoms with Gasteiger partial charge in [-0.1, -0.05) is 20.8 Å². The molecule has 0 aliphatic rings. The van der Waals surface area contributed by atoms with Gasteiger partial charge in [-0.05, 0) is 23.4 Å². The van der Waals surface area contributed by atoms with E-state index in [0.29, 0.717) is 4.75 Å². The van der Waals surface area contributed by atoms with Crippen LogP contribution in [0.1, 0.15) is 31.9 Å². The SMILES string of the molecule is Cc1[c]scc1CSC(C)(C)C. The lowest BCUT2D eigenvalue weighted by atomic mass is 10.2. The molecule has 0 spiro atoms. The summed E-state index contributed by atoms with van der Waals surface area (Å²) in [4.78, 5) is 0. The highest BCUT2D eigenvalue weighted by atomic mass is 32.2. The van der Waals surface area contributed by atoms with E-state index in [0.717, 1.165) is 5.75 Å². The van der Waals surface area contributed by atoms with Gasteiger partial charge in [0.05, 0.1) is 0 Å². The van der Waals surface area contributed by atoms with E-state index in [2.05, 4.69) is 38.5 Å². The highest BCUT2D eigenvalue weighted by Gasteiger charge is 2.11. The minimum absolute atomic E-state index is 0.369. The second kappa shape index (κ2) is 3.84. The molecule has 0 bridgehead atoms. The van der Waals surface area contributed by atoms with Crippen LogP contribution >= 0.6 is 23.1 Å². The summed E-state index contributed by atoms with van der Waals surface area (Å²) in [6.45, 7) is 8.89. The number of hydrogen-bond donors (Lipinski definition) is 0. The van der Waals surface area contributed by atoms with Gasteiger partial charge in [0, 0.05) is 15.9 Å². The summed E-state index contributed by atoms with van der Waals surface area (Å²) in [5.41, 5.74) is 2.76. The van der Waals surface area contributed by atoms with Crippen molar-refractivity contribution in [2.24, 2.45) is 0 Å². The van der Waals surface area contributed by atoms with Crippen molar-refractivity contribution < 1.29 is 0 Å². The molecule has 0 amide bonds. The van der Waals surface area contributed by atoms with Crippen LogP contribution in [0.4, 0.5) is 0 Å². The lowest BCUT2D eigenvalue weighted by Crippen LogP contribution is -2.07. The normalized spacial score (nSPS) is 12.0. The van der Waals surface area contributed by atoms with Crippen LogP contribution in [0, 0.1) is 12.3 Å². The maximum absolute atomic E-state index is 3.23. The Kier molecular flexibility index (Phi) is 3.24. The van der Waals surface area contributed by atoms with Gasteiger partial charge < -0.3 is 0 Å². The predicted octanol–water partition coefficient (Wildman–Crippen LogP) is 3.89. The Balaban J connectivity index is 2.49. The minimum atomic E-state index is 0.369. The van der Waals surface area contributed by atoms with E-state index >= 15 is 0 Å². The first-order valence-electron chi connectivity index (χ1n) is 4.07. The zero-order valence-electron chi connectivity index (χ0n) is 8.10. The Morgan fingerprint density at radius 3 is 2.58 bits per heavy atom. The number of hydrogen-bond acceptors (Lipinski definition) is 2. The van der Waals surface area contributed by atoms with Crippen molar-refractivity contribution in [3.05, 3.63) is 21.9 Å². The summed E-state index contributed by atoms with van der Waals surface area (Å²) in [7, 11) is 0. The molecule has 1 aromatic heterocycles. The zero-order chi connectivity index (χ0) is 9.19. The van der Waals surface area contributed by atoms with Crippen LogP contribution in [0.25, 0.3) is 0 Å². The smallest absolute Gasteiger partial charge is 0.0477 e. The fourth-order valence-electron chi connectivity index (χ4n) is 0.779. The molecule has 12 heavy (non-hydrogen) atoms. The van der Waals surface area contributed by atoms with Gasteiger partial charge >= 0.3 is 0 Å². The van der Waals surface area contributed by atoms with Gasteiger partial charge in [-0.2, -0.15) is 11.8 Å². The number of thiophene rings is 1. The molecule has 0 unspecified atom stereocenters. The van der Waals surface area contributed by atoms with Gasteiger partial charge in [-0.25, -0.2) is 0 Å². The first-order valence-corrected chi connectivity index (χ1v) is 5.94. The summed E-state index contributed by atoms with van der Waals surface area (Å²) in [5.74, 6) is 1.12. The lowest BCUT2D eigenvalue weighted by Gasteiger charge is -2.17. The van der Waals surface area contributed by atoms with Crippen LogP contribution in [0.2, 0.25) is 0 Å². The van der Waals surface area contributed by atoms with E-state index in [1.807, 2.05) is 11.8 Å². The molecule has 0 fully saturated rings. The third-order valence-corrected chi connectivity index (χ3v) is 3.70. The van der Waals surface area contributed by atoms with Gasteiger partial charge in [0.1, 0.15) is 0 Å². The topological polar surface area (TPSA) is 0 Å². The molecule has 0 atom stereocenters. The summed E-state index contributed by atoms with van der Waals surface area (Å²) in [6, 6.07) is 0. The molecular weight excluding hydrogens is 184 g/mol. The maximum atomic E-state index is 3.23. The van der Waals surface area contributed by atoms with Crippen LogP contribution in [0.15, 0.2) is 5.38 Å². The van der Waals surface area contributed by atoms with Crippen molar-refractivity contribution in [2.75, 3.05) is 0 Å². The van der Waals surface area contributed by atoms with Crippen LogP contribution in [0.3, 0.4) is 0 Å². The molecule has 0 aliphatic carbocycles. The quantitative estimate of drug-likeness (QED) is 0.696. The Labute approximate surface area is 83.4 Å². The molecule has 1 rings (SSSR count). The summed E-state index contributed by atoms with van der Waals surface area (Å²) in [6.07, 6.45) is 0. The van der Waals surface area contributed by atoms with Crippen molar-refractivity contribution in [2.45, 2.75) is 38.2 Å². The van der Waals surface area contributed by atoms with E-state index in [4.69, 9.17) is 0 Å². The molecule has 1 aromatic rings. The first-order chi connectivity index (χ1) is 5.49. The van der Waals surface area contributed by atoms with E-state index in [-0.39, 0.29) is 0 Å². The van der Waals surface area contributed by atoms with Crippen molar-refractivity contribution >= 4 is 23.1 Å². The summed E-state index contributed by atoms with van der Waals surface area (Å²) >= 11 is 3.67. The summed E-state index contributed by atoms with van der Waals surface area (Å²) < 4.78 is 0.369. The van der Waals surface area contributed by atoms with Gasteiger partial charge in [0.25, 0.3) is 0 Å². The van der Waals surface area contributed by atoms with Crippen molar-refractivity contribution in [1.82, 2.24) is 0 Å². The molecule has 1 radical (unpaired) electrons. The Hall–Kier alpha value is 0.0500. The number of aryl methyl sites for hydroxylation is 1. The third-order valence-electron chi connectivity index (χ3n) is 1.56. The lowest BCUT2D eigenvalue weighted by molar-refractivity contribution is 0.802. The molecule has 0 aromatic carbocycles. The third kappa shape index (κ3) is 3.20. The average molecular weight is 199 g/mol. The van der Waals surface area contributed by atoms with E-state index in [1.54, 1.807) is 11.3 Å². The predicted molar refractivity (Wildman–Crippen MR) is 58.9 cm³/mol. The Morgan fingerprint density at radius 2 is 2.17 bits per heavy atom. The highest BCUT2D eigenvalue weighted by Crippen LogP contribution is 2.29. The fourth-order valence-corrected chi connectivity index (χ4v) is 2.54. The standard InChI is InChI=1S/C10H15S2/c1-8-5-11-6-9(8)7-12-10(2,3)4/h6H,7H2,1-4H3. The highest BCUT2D eigenvalue weighted by molar-refractivity contribution is 7.99. The summed E-state index contributed by atoms with van der Waals surface area (Å²) in [5, 5.41) is 5.44. The van der Waals surface area contributed by atoms with E-state index < -0.39 is 0 Å². The largest absolute Gasteiger partial charge is 0.151 e. The maximum Gasteiger partial charge on any atom is 0.0477 e. The molecule has 0 aliphatic heterocycles. The molecule has 0 saturated carbocycles. The molecule has 2 heteroatoms. The van der Waals surface area contributed by atoms with Crippen LogP contribution in [-0.4, -0.2) is 4.75 Å².